The van der Waals surface area contributed by atoms with E-state index < -0.39 is 19.6 Å². The van der Waals surface area contributed by atoms with Crippen LogP contribution >= 0.6 is 8.03 Å². The van der Waals surface area contributed by atoms with Gasteiger partial charge in [0.15, 0.2) is 6.29 Å². The molecule has 0 saturated carbocycles. The van der Waals surface area contributed by atoms with Crippen molar-refractivity contribution in [1.82, 2.24) is 0 Å². The number of hydrogen-bond acceptors (Lipinski definition) is 4. The first-order chi connectivity index (χ1) is 18.7. The van der Waals surface area contributed by atoms with Gasteiger partial charge in [-0.15, -0.1) is 0 Å². The van der Waals surface area contributed by atoms with E-state index in [0.717, 1.165) is 32.1 Å². The van der Waals surface area contributed by atoms with E-state index in [0.29, 0.717) is 23.9 Å². The summed E-state index contributed by atoms with van der Waals surface area (Å²) in [6, 6.07) is 0. The zero-order valence-electron chi connectivity index (χ0n) is 26.5. The summed E-state index contributed by atoms with van der Waals surface area (Å²) >= 11 is 0. The molecule has 39 heavy (non-hydrogen) atoms. The van der Waals surface area contributed by atoms with Gasteiger partial charge in [-0.2, -0.15) is 0 Å². The maximum atomic E-state index is 12.6. The third-order valence-corrected chi connectivity index (χ3v) is 10.4. The lowest BCUT2D eigenvalue weighted by Crippen LogP contribution is -2.59. The van der Waals surface area contributed by atoms with E-state index in [1.807, 2.05) is 14.1 Å². The maximum absolute atomic E-state index is 12.6. The zero-order chi connectivity index (χ0) is 29.2. The van der Waals surface area contributed by atoms with Crippen molar-refractivity contribution in [1.29, 1.82) is 0 Å². The molecule has 0 heterocycles. The summed E-state index contributed by atoms with van der Waals surface area (Å²) in [5, 5.41) is 17.9. The predicted octanol–water partition coefficient (Wildman–Crippen LogP) is 9.13. The van der Waals surface area contributed by atoms with Crippen molar-refractivity contribution in [2.45, 2.75) is 180 Å². The van der Waals surface area contributed by atoms with Crippen LogP contribution < -0.4 is 4.89 Å². The molecule has 5 nitrogen and oxygen atoms in total. The lowest BCUT2D eigenvalue weighted by molar-refractivity contribution is -0.929. The van der Waals surface area contributed by atoms with Gasteiger partial charge in [0, 0.05) is 19.3 Å². The predicted molar refractivity (Wildman–Crippen MR) is 167 cm³/mol. The molecule has 0 rings (SSSR count). The van der Waals surface area contributed by atoms with Gasteiger partial charge in [-0.1, -0.05) is 127 Å². The summed E-state index contributed by atoms with van der Waals surface area (Å²) in [5.41, 5.74) is 0. The van der Waals surface area contributed by atoms with Crippen LogP contribution in [0.2, 0.25) is 0 Å². The van der Waals surface area contributed by atoms with Crippen LogP contribution in [-0.2, 0) is 4.57 Å². The van der Waals surface area contributed by atoms with E-state index in [1.165, 1.54) is 103 Å². The van der Waals surface area contributed by atoms with Crippen LogP contribution in [0.25, 0.3) is 0 Å². The fourth-order valence-corrected chi connectivity index (χ4v) is 7.02. The van der Waals surface area contributed by atoms with Gasteiger partial charge >= 0.3 is 8.03 Å². The molecular formula is C33H67NO4P+. The normalized spacial score (nSPS) is 14.4. The van der Waals surface area contributed by atoms with Gasteiger partial charge in [-0.05, 0) is 38.5 Å². The Bertz CT molecular complexity index is 596. The fourth-order valence-electron chi connectivity index (χ4n) is 5.80. The maximum Gasteiger partial charge on any atom is 0.376 e. The molecule has 0 aliphatic rings. The molecular weight excluding hydrogens is 505 g/mol. The first-order valence-corrected chi connectivity index (χ1v) is 17.9. The first kappa shape index (κ1) is 38.7. The van der Waals surface area contributed by atoms with E-state index in [9.17, 15) is 19.7 Å². The largest absolute Gasteiger partial charge is 0.590 e. The second-order valence-corrected chi connectivity index (χ2v) is 13.8. The molecule has 0 aromatic rings. The molecule has 6 heteroatoms. The number of allylic oxidation sites excluding steroid dienone is 2. The Hall–Kier alpha value is -0.320. The number of nitrogens with zero attached hydrogens (tertiary/aromatic N) is 1. The molecule has 0 aliphatic heterocycles. The molecule has 0 spiro atoms. The molecule has 0 saturated heterocycles. The average Bonchev–Trinajstić information content (AvgIpc) is 2.89. The number of hydrogen-bond donors (Lipinski definition) is 2. The lowest BCUT2D eigenvalue weighted by atomic mass is 9.96. The molecule has 0 fully saturated rings. The molecule has 2 unspecified atom stereocenters. The third kappa shape index (κ3) is 19.4. The van der Waals surface area contributed by atoms with Crippen molar-refractivity contribution in [2.24, 2.45) is 0 Å². The van der Waals surface area contributed by atoms with Gasteiger partial charge < -0.3 is 15.1 Å². The Balaban J connectivity index is 4.04. The average molecular weight is 573 g/mol. The SMILES string of the molecule is CCCCCCCCC=CCCCCCCCCCCCCC(CCCCC)([P+](=O)[O-])[N+](C)(C)CCC(O)O. The van der Waals surface area contributed by atoms with Crippen molar-refractivity contribution in [3.8, 4) is 0 Å². The molecule has 0 amide bonds. The van der Waals surface area contributed by atoms with E-state index in [4.69, 9.17) is 0 Å². The summed E-state index contributed by atoms with van der Waals surface area (Å²) in [6.45, 7) is 4.86. The molecule has 0 aliphatic carbocycles. The number of aliphatic hydroxyl groups excluding tert-OH is 1. The van der Waals surface area contributed by atoms with Crippen LogP contribution in [0.4, 0.5) is 0 Å². The molecule has 0 bridgehead atoms. The Morgan fingerprint density at radius 1 is 0.667 bits per heavy atom. The number of quaternary nitrogens is 1. The monoisotopic (exact) mass is 572 g/mol. The van der Waals surface area contributed by atoms with Crippen molar-refractivity contribution >= 4 is 8.03 Å². The van der Waals surface area contributed by atoms with Crippen LogP contribution in [0.5, 0.6) is 0 Å². The highest BCUT2D eigenvalue weighted by atomic mass is 31.1. The number of rotatable bonds is 29. The summed E-state index contributed by atoms with van der Waals surface area (Å²) in [6.07, 6.45) is 31.0. The van der Waals surface area contributed by atoms with Gasteiger partial charge in [0.1, 0.15) is 0 Å². The van der Waals surface area contributed by atoms with Gasteiger partial charge in [0.05, 0.1) is 20.6 Å². The molecule has 0 aromatic carbocycles. The van der Waals surface area contributed by atoms with Gasteiger partial charge in [0.2, 0.25) is 0 Å². The summed E-state index contributed by atoms with van der Waals surface area (Å²) in [5.74, 6) is 0. The van der Waals surface area contributed by atoms with Crippen molar-refractivity contribution in [3.63, 3.8) is 0 Å². The second kappa shape index (κ2) is 25.4. The van der Waals surface area contributed by atoms with Crippen LogP contribution in [0.1, 0.15) is 168 Å². The minimum atomic E-state index is -2.63. The van der Waals surface area contributed by atoms with E-state index in [-0.39, 0.29) is 6.42 Å². The van der Waals surface area contributed by atoms with Crippen molar-refractivity contribution in [3.05, 3.63) is 12.2 Å². The smallest absolute Gasteiger partial charge is 0.376 e. The first-order valence-electron chi connectivity index (χ1n) is 16.7. The highest BCUT2D eigenvalue weighted by molar-refractivity contribution is 7.38. The molecule has 2 atom stereocenters. The molecule has 0 aromatic heterocycles. The minimum Gasteiger partial charge on any atom is -0.590 e. The van der Waals surface area contributed by atoms with Crippen molar-refractivity contribution < 1.29 is 24.2 Å². The second-order valence-electron chi connectivity index (χ2n) is 12.5. The summed E-state index contributed by atoms with van der Waals surface area (Å²) < 4.78 is 12.9. The van der Waals surface area contributed by atoms with E-state index in [2.05, 4.69) is 26.0 Å². The van der Waals surface area contributed by atoms with Crippen LogP contribution in [-0.4, -0.2) is 46.9 Å². The van der Waals surface area contributed by atoms with Crippen molar-refractivity contribution in [2.75, 3.05) is 20.6 Å². The standard InChI is InChI=1S/C33H67NO4P/c1-5-7-9-10-11-12-13-14-15-16-17-18-19-20-21-22-23-24-25-27-30-33(39(37)38,29-26-8-6-2)34(3,4)31-28-32(35)36/h14-15,32,35-36H,5-13,16-31H2,1-4H3/q+1. The highest BCUT2D eigenvalue weighted by Gasteiger charge is 2.55. The molecule has 0 radical (unpaired) electrons. The van der Waals surface area contributed by atoms with Crippen LogP contribution in [0.15, 0.2) is 12.2 Å². The fraction of sp³-hybridized carbons (Fsp3) is 0.939. The Morgan fingerprint density at radius 2 is 1.03 bits per heavy atom. The number of aliphatic hydroxyl groups is 2. The minimum absolute atomic E-state index is 0.196. The van der Waals surface area contributed by atoms with Crippen LogP contribution in [0.3, 0.4) is 0 Å². The lowest BCUT2D eigenvalue weighted by Gasteiger charge is -2.43. The highest BCUT2D eigenvalue weighted by Crippen LogP contribution is 2.47. The molecule has 2 N–H and O–H groups in total. The van der Waals surface area contributed by atoms with Gasteiger partial charge in [-0.3, -0.25) is 4.48 Å². The zero-order valence-corrected chi connectivity index (χ0v) is 27.4. The topological polar surface area (TPSA) is 80.6 Å². The van der Waals surface area contributed by atoms with Gasteiger partial charge in [0.25, 0.3) is 5.28 Å². The van der Waals surface area contributed by atoms with E-state index in [1.54, 1.807) is 0 Å². The van der Waals surface area contributed by atoms with Gasteiger partial charge in [-0.25, -0.2) is 0 Å². The third-order valence-electron chi connectivity index (χ3n) is 8.68. The molecule has 232 valence electrons. The van der Waals surface area contributed by atoms with E-state index >= 15 is 0 Å². The summed E-state index contributed by atoms with van der Waals surface area (Å²) in [7, 11) is 1.28. The number of unbranched alkanes of at least 4 members (excludes halogenated alkanes) is 18. The quantitative estimate of drug-likeness (QED) is 0.0308. The Morgan fingerprint density at radius 3 is 1.44 bits per heavy atom. The Labute approximate surface area is 244 Å². The Kier molecular flexibility index (Phi) is 25.2. The van der Waals surface area contributed by atoms with Crippen LogP contribution in [0, 0.1) is 0 Å². The summed E-state index contributed by atoms with van der Waals surface area (Å²) in [4.78, 5) is 12.6.